The Morgan fingerprint density at radius 2 is 2.10 bits per heavy atom. The molecule has 2 fully saturated rings. The number of rotatable bonds is 2. The van der Waals surface area contributed by atoms with Crippen molar-refractivity contribution in [3.8, 4) is 0 Å². The average molecular weight is 290 g/mol. The maximum Gasteiger partial charge on any atom is 0.226 e. The Labute approximate surface area is 123 Å². The highest BCUT2D eigenvalue weighted by molar-refractivity contribution is 5.80. The molecular formula is C16H19FN2O2. The van der Waals surface area contributed by atoms with Crippen LogP contribution >= 0.6 is 0 Å². The smallest absolute Gasteiger partial charge is 0.226 e. The highest BCUT2D eigenvalue weighted by Gasteiger charge is 2.41. The summed E-state index contributed by atoms with van der Waals surface area (Å²) in [6, 6.07) is 6.18. The van der Waals surface area contributed by atoms with Crippen LogP contribution in [0.3, 0.4) is 0 Å². The van der Waals surface area contributed by atoms with Gasteiger partial charge in [0.1, 0.15) is 5.82 Å². The van der Waals surface area contributed by atoms with Gasteiger partial charge in [-0.2, -0.15) is 0 Å². The zero-order valence-electron chi connectivity index (χ0n) is 11.9. The van der Waals surface area contributed by atoms with Crippen molar-refractivity contribution in [1.29, 1.82) is 0 Å². The van der Waals surface area contributed by atoms with Crippen molar-refractivity contribution < 1.29 is 14.0 Å². The van der Waals surface area contributed by atoms with Gasteiger partial charge < -0.3 is 10.2 Å². The number of halogens is 1. The van der Waals surface area contributed by atoms with Crippen LogP contribution < -0.4 is 5.32 Å². The third kappa shape index (κ3) is 3.06. The number of nitrogens with zero attached hydrogens (tertiary/aromatic N) is 1. The van der Waals surface area contributed by atoms with Gasteiger partial charge in [-0.3, -0.25) is 9.59 Å². The summed E-state index contributed by atoms with van der Waals surface area (Å²) in [5, 5.41) is 2.89. The Hall–Kier alpha value is -1.91. The van der Waals surface area contributed by atoms with Crippen molar-refractivity contribution in [2.45, 2.75) is 25.7 Å². The first kappa shape index (κ1) is 14.0. The lowest BCUT2D eigenvalue weighted by molar-refractivity contribution is -0.132. The van der Waals surface area contributed by atoms with Gasteiger partial charge in [0.2, 0.25) is 11.8 Å². The maximum atomic E-state index is 13.1. The molecule has 21 heavy (non-hydrogen) atoms. The van der Waals surface area contributed by atoms with E-state index in [1.807, 2.05) is 4.90 Å². The molecule has 4 nitrogen and oxygen atoms in total. The van der Waals surface area contributed by atoms with Crippen LogP contribution in [-0.2, 0) is 16.0 Å². The number of piperidine rings is 1. The predicted molar refractivity (Wildman–Crippen MR) is 76.0 cm³/mol. The third-order valence-corrected chi connectivity index (χ3v) is 4.62. The van der Waals surface area contributed by atoms with Gasteiger partial charge in [0.25, 0.3) is 0 Å². The minimum absolute atomic E-state index is 0.0349. The molecule has 1 spiro atoms. The first-order valence-electron chi connectivity index (χ1n) is 7.35. The molecule has 1 aromatic rings. The Bertz CT molecular complexity index is 565. The standard InChI is InChI=1S/C16H19FN2O2/c17-13-3-1-2-12(8-13)9-15(21)19-6-4-16(5-7-19)10-14(20)18-11-16/h1-3,8H,4-7,9-11H2,(H,18,20). The molecule has 2 aliphatic heterocycles. The second kappa shape index (κ2) is 5.47. The molecule has 2 amide bonds. The first-order chi connectivity index (χ1) is 10.1. The van der Waals surface area contributed by atoms with Gasteiger partial charge in [0.05, 0.1) is 6.42 Å². The Kier molecular flexibility index (Phi) is 3.66. The number of hydrogen-bond donors (Lipinski definition) is 1. The average Bonchev–Trinajstić information content (AvgIpc) is 2.80. The molecule has 0 radical (unpaired) electrons. The van der Waals surface area contributed by atoms with Crippen molar-refractivity contribution in [2.75, 3.05) is 19.6 Å². The molecule has 0 bridgehead atoms. The highest BCUT2D eigenvalue weighted by atomic mass is 19.1. The van der Waals surface area contributed by atoms with Crippen LogP contribution in [0.25, 0.3) is 0 Å². The van der Waals surface area contributed by atoms with E-state index in [0.717, 1.165) is 19.4 Å². The van der Waals surface area contributed by atoms with Crippen molar-refractivity contribution in [3.63, 3.8) is 0 Å². The van der Waals surface area contributed by atoms with Gasteiger partial charge in [-0.25, -0.2) is 4.39 Å². The Balaban J connectivity index is 1.57. The topological polar surface area (TPSA) is 49.4 Å². The number of nitrogens with one attached hydrogen (secondary N) is 1. The van der Waals surface area contributed by atoms with Crippen LogP contribution in [-0.4, -0.2) is 36.3 Å². The van der Waals surface area contributed by atoms with E-state index in [4.69, 9.17) is 0 Å². The molecule has 0 aromatic heterocycles. The molecule has 0 unspecified atom stereocenters. The number of carbonyl (C=O) groups is 2. The summed E-state index contributed by atoms with van der Waals surface area (Å²) in [6.07, 6.45) is 2.54. The zero-order valence-corrected chi connectivity index (χ0v) is 11.9. The van der Waals surface area contributed by atoms with E-state index in [0.29, 0.717) is 25.1 Å². The zero-order chi connectivity index (χ0) is 14.9. The second-order valence-corrected chi connectivity index (χ2v) is 6.14. The van der Waals surface area contributed by atoms with Crippen LogP contribution in [0.1, 0.15) is 24.8 Å². The molecular weight excluding hydrogens is 271 g/mol. The fraction of sp³-hybridized carbons (Fsp3) is 0.500. The number of amides is 2. The molecule has 1 N–H and O–H groups in total. The largest absolute Gasteiger partial charge is 0.356 e. The van der Waals surface area contributed by atoms with E-state index in [1.54, 1.807) is 12.1 Å². The summed E-state index contributed by atoms with van der Waals surface area (Å²) in [7, 11) is 0. The highest BCUT2D eigenvalue weighted by Crippen LogP contribution is 2.37. The molecule has 5 heteroatoms. The lowest BCUT2D eigenvalue weighted by Gasteiger charge is -2.38. The summed E-state index contributed by atoms with van der Waals surface area (Å²) < 4.78 is 13.1. The molecule has 2 aliphatic rings. The molecule has 0 saturated carbocycles. The van der Waals surface area contributed by atoms with Crippen molar-refractivity contribution in [1.82, 2.24) is 10.2 Å². The number of likely N-dealkylation sites (tertiary alicyclic amines) is 1. The first-order valence-corrected chi connectivity index (χ1v) is 7.35. The lowest BCUT2D eigenvalue weighted by Crippen LogP contribution is -2.44. The molecule has 2 saturated heterocycles. The van der Waals surface area contributed by atoms with E-state index in [-0.39, 0.29) is 29.5 Å². The second-order valence-electron chi connectivity index (χ2n) is 6.14. The quantitative estimate of drug-likeness (QED) is 0.897. The summed E-state index contributed by atoms with van der Waals surface area (Å²) >= 11 is 0. The van der Waals surface area contributed by atoms with Crippen molar-refractivity contribution in [2.24, 2.45) is 5.41 Å². The number of carbonyl (C=O) groups excluding carboxylic acids is 2. The summed E-state index contributed by atoms with van der Waals surface area (Å²) in [5.41, 5.74) is 0.755. The molecule has 112 valence electrons. The molecule has 1 aromatic carbocycles. The van der Waals surface area contributed by atoms with E-state index in [2.05, 4.69) is 5.32 Å². The fourth-order valence-corrected chi connectivity index (χ4v) is 3.27. The van der Waals surface area contributed by atoms with E-state index in [9.17, 15) is 14.0 Å². The van der Waals surface area contributed by atoms with Crippen molar-refractivity contribution >= 4 is 11.8 Å². The van der Waals surface area contributed by atoms with Gasteiger partial charge in [0, 0.05) is 26.1 Å². The summed E-state index contributed by atoms with van der Waals surface area (Å²) in [4.78, 5) is 25.5. The Morgan fingerprint density at radius 3 is 2.71 bits per heavy atom. The minimum Gasteiger partial charge on any atom is -0.356 e. The van der Waals surface area contributed by atoms with Gasteiger partial charge in [0.15, 0.2) is 0 Å². The maximum absolute atomic E-state index is 13.1. The molecule has 0 aliphatic carbocycles. The molecule has 2 heterocycles. The monoisotopic (exact) mass is 290 g/mol. The van der Waals surface area contributed by atoms with Crippen LogP contribution in [0.2, 0.25) is 0 Å². The van der Waals surface area contributed by atoms with Crippen molar-refractivity contribution in [3.05, 3.63) is 35.6 Å². The van der Waals surface area contributed by atoms with Crippen LogP contribution in [0.4, 0.5) is 4.39 Å². The van der Waals surface area contributed by atoms with Gasteiger partial charge in [-0.1, -0.05) is 12.1 Å². The normalized spacial score (nSPS) is 20.6. The van der Waals surface area contributed by atoms with E-state index < -0.39 is 0 Å². The molecule has 0 atom stereocenters. The van der Waals surface area contributed by atoms with Crippen LogP contribution in [0, 0.1) is 11.2 Å². The van der Waals surface area contributed by atoms with E-state index >= 15 is 0 Å². The number of benzene rings is 1. The van der Waals surface area contributed by atoms with Crippen LogP contribution in [0.5, 0.6) is 0 Å². The minimum atomic E-state index is -0.312. The predicted octanol–water partition coefficient (Wildman–Crippen LogP) is 1.50. The summed E-state index contributed by atoms with van der Waals surface area (Å²) in [6.45, 7) is 2.10. The van der Waals surface area contributed by atoms with Gasteiger partial charge in [-0.05, 0) is 36.0 Å². The SMILES string of the molecule is O=C1CC2(CCN(C(=O)Cc3cccc(F)c3)CC2)CN1. The third-order valence-electron chi connectivity index (χ3n) is 4.62. The number of hydrogen-bond acceptors (Lipinski definition) is 2. The van der Waals surface area contributed by atoms with Crippen LogP contribution in [0.15, 0.2) is 24.3 Å². The Morgan fingerprint density at radius 1 is 1.33 bits per heavy atom. The summed E-state index contributed by atoms with van der Waals surface area (Å²) in [5.74, 6) is -0.157. The van der Waals surface area contributed by atoms with Gasteiger partial charge >= 0.3 is 0 Å². The fourth-order valence-electron chi connectivity index (χ4n) is 3.27. The molecule has 3 rings (SSSR count). The van der Waals surface area contributed by atoms with Gasteiger partial charge in [-0.15, -0.1) is 0 Å². The van der Waals surface area contributed by atoms with E-state index in [1.165, 1.54) is 12.1 Å². The lowest BCUT2D eigenvalue weighted by atomic mass is 9.77.